The van der Waals surface area contributed by atoms with E-state index in [9.17, 15) is 22.8 Å². The number of carbonyl (C=O) groups excluding carboxylic acids is 2. The summed E-state index contributed by atoms with van der Waals surface area (Å²) in [5, 5.41) is 3.86. The minimum absolute atomic E-state index is 0.234. The normalized spacial score (nSPS) is 21.7. The highest BCUT2D eigenvalue weighted by molar-refractivity contribution is 6.16. The Morgan fingerprint density at radius 3 is 2.22 bits per heavy atom. The van der Waals surface area contributed by atoms with Gasteiger partial charge in [-0.2, -0.15) is 13.2 Å². The molecule has 0 aromatic heterocycles. The van der Waals surface area contributed by atoms with E-state index in [0.29, 0.717) is 5.56 Å². The molecule has 1 aliphatic rings. The van der Waals surface area contributed by atoms with Crippen molar-refractivity contribution in [3.8, 4) is 0 Å². The Kier molecular flexibility index (Phi) is 3.96. The number of nitrogens with zero attached hydrogens (tertiary/aromatic N) is 1. The Labute approximate surface area is 131 Å². The van der Waals surface area contributed by atoms with Crippen LogP contribution in [0.15, 0.2) is 35.3 Å². The zero-order valence-corrected chi connectivity index (χ0v) is 12.8. The fraction of sp³-hybridized carbons (Fsp3) is 0.400. The van der Waals surface area contributed by atoms with Gasteiger partial charge in [0.2, 0.25) is 5.91 Å². The topological polar surface area (TPSA) is 70.6 Å². The third-order valence-electron chi connectivity index (χ3n) is 3.27. The van der Waals surface area contributed by atoms with Gasteiger partial charge in [-0.05, 0) is 0 Å². The third kappa shape index (κ3) is 3.06. The second-order valence-electron chi connectivity index (χ2n) is 6.19. The van der Waals surface area contributed by atoms with Crippen LogP contribution < -0.4 is 10.6 Å². The van der Waals surface area contributed by atoms with Crippen molar-refractivity contribution in [1.82, 2.24) is 10.6 Å². The Balaban J connectivity index is 2.49. The van der Waals surface area contributed by atoms with Crippen molar-refractivity contribution < 1.29 is 22.8 Å². The van der Waals surface area contributed by atoms with Gasteiger partial charge in [-0.3, -0.25) is 9.59 Å². The lowest BCUT2D eigenvalue weighted by molar-refractivity contribution is -0.198. The molecule has 2 rings (SSSR count). The first kappa shape index (κ1) is 17.0. The van der Waals surface area contributed by atoms with Gasteiger partial charge in [0.05, 0.1) is 0 Å². The highest BCUT2D eigenvalue weighted by Crippen LogP contribution is 2.36. The quantitative estimate of drug-likeness (QED) is 0.872. The second-order valence-corrected chi connectivity index (χ2v) is 6.19. The Morgan fingerprint density at radius 1 is 1.17 bits per heavy atom. The monoisotopic (exact) mass is 327 g/mol. The summed E-state index contributed by atoms with van der Waals surface area (Å²) in [6.45, 7) is 4.34. The number of rotatable bonds is 2. The number of amides is 2. The van der Waals surface area contributed by atoms with E-state index in [0.717, 1.165) is 0 Å². The first-order chi connectivity index (χ1) is 10.5. The number of alkyl halides is 3. The molecule has 0 bridgehead atoms. The molecule has 0 aliphatic carbocycles. The van der Waals surface area contributed by atoms with E-state index in [-0.39, 0.29) is 5.84 Å². The van der Waals surface area contributed by atoms with Crippen molar-refractivity contribution >= 4 is 17.6 Å². The van der Waals surface area contributed by atoms with E-state index >= 15 is 0 Å². The molecule has 0 saturated carbocycles. The van der Waals surface area contributed by atoms with Gasteiger partial charge in [-0.1, -0.05) is 51.1 Å². The highest BCUT2D eigenvalue weighted by atomic mass is 19.4. The Hall–Kier alpha value is -2.38. The SMILES string of the molecule is CC(C)(C)C(=O)N[C@]1(C(F)(F)F)N=C(c2ccccc2)NC1=O. The third-order valence-corrected chi connectivity index (χ3v) is 3.27. The van der Waals surface area contributed by atoms with Gasteiger partial charge in [-0.25, -0.2) is 4.99 Å². The molecule has 0 saturated heterocycles. The highest BCUT2D eigenvalue weighted by Gasteiger charge is 2.65. The lowest BCUT2D eigenvalue weighted by atomic mass is 9.94. The fourth-order valence-corrected chi connectivity index (χ4v) is 1.88. The van der Waals surface area contributed by atoms with Gasteiger partial charge in [0, 0.05) is 11.0 Å². The number of carbonyl (C=O) groups is 2. The van der Waals surface area contributed by atoms with Gasteiger partial charge in [0.25, 0.3) is 5.91 Å². The largest absolute Gasteiger partial charge is 0.442 e. The van der Waals surface area contributed by atoms with Gasteiger partial charge in [0.15, 0.2) is 0 Å². The first-order valence-electron chi connectivity index (χ1n) is 6.83. The lowest BCUT2D eigenvalue weighted by Crippen LogP contribution is -2.64. The maximum Gasteiger partial charge on any atom is 0.442 e. The minimum Gasteiger partial charge on any atom is -0.316 e. The summed E-state index contributed by atoms with van der Waals surface area (Å²) < 4.78 is 40.6. The molecule has 0 unspecified atom stereocenters. The summed E-state index contributed by atoms with van der Waals surface area (Å²) in [5.41, 5.74) is -4.11. The summed E-state index contributed by atoms with van der Waals surface area (Å²) in [6.07, 6.45) is -5.07. The van der Waals surface area contributed by atoms with Crippen LogP contribution in [0.3, 0.4) is 0 Å². The predicted molar refractivity (Wildman–Crippen MR) is 77.5 cm³/mol. The van der Waals surface area contributed by atoms with Crippen LogP contribution in [-0.2, 0) is 9.59 Å². The van der Waals surface area contributed by atoms with E-state index in [1.807, 2.05) is 0 Å². The minimum atomic E-state index is -5.07. The molecule has 1 aliphatic heterocycles. The molecule has 1 aromatic rings. The second kappa shape index (κ2) is 5.36. The molecule has 0 fully saturated rings. The smallest absolute Gasteiger partial charge is 0.316 e. The van der Waals surface area contributed by atoms with Crippen LogP contribution in [0, 0.1) is 5.41 Å². The van der Waals surface area contributed by atoms with Crippen LogP contribution in [-0.4, -0.2) is 29.5 Å². The fourth-order valence-electron chi connectivity index (χ4n) is 1.88. The molecule has 8 heteroatoms. The molecule has 1 aromatic carbocycles. The summed E-state index contributed by atoms with van der Waals surface area (Å²) in [6, 6.07) is 7.91. The van der Waals surface area contributed by atoms with Crippen molar-refractivity contribution in [2.24, 2.45) is 10.4 Å². The predicted octanol–water partition coefficient (Wildman–Crippen LogP) is 1.98. The molecule has 2 N–H and O–H groups in total. The number of aliphatic imine (C=N–C) groups is 1. The summed E-state index contributed by atoms with van der Waals surface area (Å²) in [5.74, 6) is -2.59. The van der Waals surface area contributed by atoms with Gasteiger partial charge in [-0.15, -0.1) is 0 Å². The summed E-state index contributed by atoms with van der Waals surface area (Å²) in [7, 11) is 0. The number of benzene rings is 1. The molecule has 1 heterocycles. The average molecular weight is 327 g/mol. The van der Waals surface area contributed by atoms with Crippen LogP contribution in [0.5, 0.6) is 0 Å². The molecule has 1 atom stereocenters. The van der Waals surface area contributed by atoms with Gasteiger partial charge >= 0.3 is 11.8 Å². The lowest BCUT2D eigenvalue weighted by Gasteiger charge is -2.30. The number of hydrogen-bond acceptors (Lipinski definition) is 3. The van der Waals surface area contributed by atoms with Crippen molar-refractivity contribution in [2.45, 2.75) is 32.6 Å². The van der Waals surface area contributed by atoms with Crippen LogP contribution in [0.2, 0.25) is 0 Å². The molecule has 0 radical (unpaired) electrons. The number of nitrogens with one attached hydrogen (secondary N) is 2. The standard InChI is InChI=1S/C15H16F3N3O2/c1-13(2,3)11(22)21-14(15(16,17)18)12(23)19-10(20-14)9-7-5-4-6-8-9/h4-8H,1-3H3,(H,21,22)(H,19,20,23)/t14-/m1/s1. The number of halogens is 3. The molecule has 124 valence electrons. The van der Waals surface area contributed by atoms with Gasteiger partial charge in [0.1, 0.15) is 5.84 Å². The van der Waals surface area contributed by atoms with Crippen LogP contribution in [0.4, 0.5) is 13.2 Å². The Morgan fingerprint density at radius 2 is 1.74 bits per heavy atom. The van der Waals surface area contributed by atoms with Gasteiger partial charge < -0.3 is 10.6 Å². The van der Waals surface area contributed by atoms with Crippen LogP contribution in [0.25, 0.3) is 0 Å². The molecular formula is C15H16F3N3O2. The van der Waals surface area contributed by atoms with E-state index < -0.39 is 29.1 Å². The van der Waals surface area contributed by atoms with Crippen LogP contribution >= 0.6 is 0 Å². The molecule has 2 amide bonds. The first-order valence-corrected chi connectivity index (χ1v) is 6.83. The Bertz CT molecular complexity index is 663. The number of amidine groups is 1. The summed E-state index contributed by atoms with van der Waals surface area (Å²) >= 11 is 0. The molecule has 0 spiro atoms. The summed E-state index contributed by atoms with van der Waals surface area (Å²) in [4.78, 5) is 27.5. The maximum atomic E-state index is 13.5. The molecule has 5 nitrogen and oxygen atoms in total. The number of hydrogen-bond donors (Lipinski definition) is 2. The molecular weight excluding hydrogens is 311 g/mol. The van der Waals surface area contributed by atoms with Crippen molar-refractivity contribution in [1.29, 1.82) is 0 Å². The van der Waals surface area contributed by atoms with E-state index in [4.69, 9.17) is 0 Å². The van der Waals surface area contributed by atoms with E-state index in [2.05, 4.69) is 10.3 Å². The molecule has 23 heavy (non-hydrogen) atoms. The van der Waals surface area contributed by atoms with Crippen molar-refractivity contribution in [2.75, 3.05) is 0 Å². The van der Waals surface area contributed by atoms with E-state index in [1.165, 1.54) is 32.9 Å². The van der Waals surface area contributed by atoms with Crippen LogP contribution in [0.1, 0.15) is 26.3 Å². The van der Waals surface area contributed by atoms with E-state index in [1.54, 1.807) is 23.5 Å². The maximum absolute atomic E-state index is 13.5. The zero-order chi connectivity index (χ0) is 17.5. The van der Waals surface area contributed by atoms with Crippen molar-refractivity contribution in [3.63, 3.8) is 0 Å². The average Bonchev–Trinajstić information content (AvgIpc) is 2.77. The zero-order valence-electron chi connectivity index (χ0n) is 12.8. The van der Waals surface area contributed by atoms with Crippen molar-refractivity contribution in [3.05, 3.63) is 35.9 Å².